The average Bonchev–Trinajstić information content (AvgIpc) is 3.34. The zero-order valence-corrected chi connectivity index (χ0v) is 11.1. The standard InChI is InChI=1S/C17H12N2O2/c18-10-14-16-15(21-16)12-8-4-5-9-13(12)19(14)17(20)11-6-2-1-3-7-11/h1-9,14-16H/t14-,15+,16-/m1/s1. The van der Waals surface area contributed by atoms with E-state index in [1.807, 2.05) is 42.5 Å². The Balaban J connectivity index is 1.83. The summed E-state index contributed by atoms with van der Waals surface area (Å²) in [5.74, 6) is -0.163. The Morgan fingerprint density at radius 2 is 1.81 bits per heavy atom. The van der Waals surface area contributed by atoms with Gasteiger partial charge in [0.25, 0.3) is 5.91 Å². The minimum Gasteiger partial charge on any atom is -0.361 e. The van der Waals surface area contributed by atoms with Crippen LogP contribution in [0.1, 0.15) is 22.0 Å². The summed E-state index contributed by atoms with van der Waals surface area (Å²) in [6.45, 7) is 0. The number of amides is 1. The van der Waals surface area contributed by atoms with Gasteiger partial charge in [0.05, 0.1) is 11.8 Å². The lowest BCUT2D eigenvalue weighted by Crippen LogP contribution is -2.45. The fourth-order valence-electron chi connectivity index (χ4n) is 2.95. The van der Waals surface area contributed by atoms with E-state index in [4.69, 9.17) is 4.74 Å². The van der Waals surface area contributed by atoms with Crippen molar-refractivity contribution in [2.24, 2.45) is 0 Å². The van der Waals surface area contributed by atoms with Crippen molar-refractivity contribution >= 4 is 11.6 Å². The second-order valence-corrected chi connectivity index (χ2v) is 5.20. The molecule has 0 unspecified atom stereocenters. The molecule has 2 aliphatic rings. The molecule has 0 spiro atoms. The van der Waals surface area contributed by atoms with E-state index in [0.29, 0.717) is 5.56 Å². The molecule has 2 heterocycles. The van der Waals surface area contributed by atoms with Crippen molar-refractivity contribution in [3.63, 3.8) is 0 Å². The predicted octanol–water partition coefficient (Wildman–Crippen LogP) is 2.68. The number of epoxide rings is 1. The van der Waals surface area contributed by atoms with Crippen LogP contribution in [-0.4, -0.2) is 18.1 Å². The monoisotopic (exact) mass is 276 g/mol. The van der Waals surface area contributed by atoms with Crippen LogP contribution < -0.4 is 4.90 Å². The lowest BCUT2D eigenvalue weighted by molar-refractivity contribution is 0.0977. The number of nitrogens with zero attached hydrogens (tertiary/aromatic N) is 2. The van der Waals surface area contributed by atoms with Crippen LogP contribution in [0.3, 0.4) is 0 Å². The molecule has 21 heavy (non-hydrogen) atoms. The number of rotatable bonds is 1. The van der Waals surface area contributed by atoms with Crippen LogP contribution in [0.5, 0.6) is 0 Å². The highest BCUT2D eigenvalue weighted by molar-refractivity contribution is 6.07. The Bertz CT molecular complexity index is 751. The lowest BCUT2D eigenvalue weighted by atomic mass is 9.95. The Morgan fingerprint density at radius 3 is 2.57 bits per heavy atom. The summed E-state index contributed by atoms with van der Waals surface area (Å²) in [6.07, 6.45) is -0.261. The van der Waals surface area contributed by atoms with Crippen molar-refractivity contribution in [1.29, 1.82) is 5.26 Å². The lowest BCUT2D eigenvalue weighted by Gasteiger charge is -2.31. The first-order valence-electron chi connectivity index (χ1n) is 6.84. The molecule has 0 bridgehead atoms. The molecule has 0 saturated carbocycles. The van der Waals surface area contributed by atoms with Gasteiger partial charge in [0.1, 0.15) is 12.2 Å². The van der Waals surface area contributed by atoms with Gasteiger partial charge in [-0.3, -0.25) is 9.69 Å². The van der Waals surface area contributed by atoms with Crippen LogP contribution in [0.4, 0.5) is 5.69 Å². The highest BCUT2D eigenvalue weighted by atomic mass is 16.6. The van der Waals surface area contributed by atoms with Gasteiger partial charge in [-0.05, 0) is 18.2 Å². The molecule has 2 aliphatic heterocycles. The van der Waals surface area contributed by atoms with E-state index in [9.17, 15) is 10.1 Å². The number of benzene rings is 2. The van der Waals surface area contributed by atoms with E-state index in [-0.39, 0.29) is 18.1 Å². The number of ether oxygens (including phenoxy) is 1. The molecule has 2 aromatic carbocycles. The van der Waals surface area contributed by atoms with E-state index in [1.54, 1.807) is 17.0 Å². The van der Waals surface area contributed by atoms with Gasteiger partial charge in [0.2, 0.25) is 0 Å². The van der Waals surface area contributed by atoms with Crippen molar-refractivity contribution in [2.45, 2.75) is 18.2 Å². The summed E-state index contributed by atoms with van der Waals surface area (Å²) in [7, 11) is 0. The van der Waals surface area contributed by atoms with E-state index in [0.717, 1.165) is 11.3 Å². The topological polar surface area (TPSA) is 56.6 Å². The maximum absolute atomic E-state index is 12.8. The molecule has 4 heteroatoms. The van der Waals surface area contributed by atoms with E-state index < -0.39 is 6.04 Å². The second-order valence-electron chi connectivity index (χ2n) is 5.20. The van der Waals surface area contributed by atoms with E-state index in [1.165, 1.54) is 0 Å². The fourth-order valence-corrected chi connectivity index (χ4v) is 2.95. The number of hydrogen-bond donors (Lipinski definition) is 0. The van der Waals surface area contributed by atoms with Crippen LogP contribution >= 0.6 is 0 Å². The third-order valence-corrected chi connectivity index (χ3v) is 3.99. The van der Waals surface area contributed by atoms with Crippen molar-refractivity contribution in [1.82, 2.24) is 0 Å². The average molecular weight is 276 g/mol. The largest absolute Gasteiger partial charge is 0.361 e. The Morgan fingerprint density at radius 1 is 1.10 bits per heavy atom. The molecule has 4 nitrogen and oxygen atoms in total. The fraction of sp³-hybridized carbons (Fsp3) is 0.176. The molecule has 1 saturated heterocycles. The van der Waals surface area contributed by atoms with Gasteiger partial charge in [0, 0.05) is 11.1 Å². The van der Waals surface area contributed by atoms with Gasteiger partial charge in [-0.25, -0.2) is 0 Å². The van der Waals surface area contributed by atoms with Crippen molar-refractivity contribution in [2.75, 3.05) is 4.90 Å². The van der Waals surface area contributed by atoms with Crippen molar-refractivity contribution in [3.8, 4) is 6.07 Å². The van der Waals surface area contributed by atoms with Crippen LogP contribution in [0.25, 0.3) is 0 Å². The maximum atomic E-state index is 12.8. The maximum Gasteiger partial charge on any atom is 0.259 e. The van der Waals surface area contributed by atoms with Gasteiger partial charge in [-0.1, -0.05) is 36.4 Å². The molecule has 0 aromatic heterocycles. The normalized spacial score (nSPS) is 25.5. The number of para-hydroxylation sites is 1. The first-order chi connectivity index (χ1) is 10.3. The Kier molecular flexibility index (Phi) is 2.56. The van der Waals surface area contributed by atoms with Gasteiger partial charge in [-0.15, -0.1) is 0 Å². The number of fused-ring (bicyclic) bond motifs is 3. The van der Waals surface area contributed by atoms with Crippen molar-refractivity contribution < 1.29 is 9.53 Å². The third kappa shape index (κ3) is 1.75. The number of anilines is 1. The molecule has 3 atom stereocenters. The molecular weight excluding hydrogens is 264 g/mol. The quantitative estimate of drug-likeness (QED) is 0.752. The second kappa shape index (κ2) is 4.44. The molecule has 0 aliphatic carbocycles. The molecular formula is C17H12N2O2. The number of hydrogen-bond acceptors (Lipinski definition) is 3. The first-order valence-corrected chi connectivity index (χ1v) is 6.84. The first kappa shape index (κ1) is 12.1. The number of carbonyl (C=O) groups excluding carboxylic acids is 1. The summed E-state index contributed by atoms with van der Waals surface area (Å²) in [5.41, 5.74) is 2.33. The molecule has 2 aromatic rings. The zero-order chi connectivity index (χ0) is 14.4. The van der Waals surface area contributed by atoms with Gasteiger partial charge < -0.3 is 4.74 Å². The van der Waals surface area contributed by atoms with Crippen LogP contribution in [-0.2, 0) is 4.74 Å². The zero-order valence-electron chi connectivity index (χ0n) is 11.1. The Hall–Kier alpha value is -2.64. The van der Waals surface area contributed by atoms with Crippen LogP contribution in [0.15, 0.2) is 54.6 Å². The molecule has 1 fully saturated rings. The number of carbonyl (C=O) groups is 1. The summed E-state index contributed by atoms with van der Waals surface area (Å²) in [4.78, 5) is 14.4. The molecule has 102 valence electrons. The highest BCUT2D eigenvalue weighted by Gasteiger charge is 2.55. The molecule has 0 radical (unpaired) electrons. The summed E-state index contributed by atoms with van der Waals surface area (Å²) >= 11 is 0. The van der Waals surface area contributed by atoms with Gasteiger partial charge in [-0.2, -0.15) is 5.26 Å². The Labute approximate surface area is 122 Å². The van der Waals surface area contributed by atoms with E-state index in [2.05, 4.69) is 6.07 Å². The molecule has 4 rings (SSSR count). The summed E-state index contributed by atoms with van der Waals surface area (Å²) in [6, 6.07) is 18.3. The summed E-state index contributed by atoms with van der Waals surface area (Å²) in [5, 5.41) is 9.46. The molecule has 1 amide bonds. The third-order valence-electron chi connectivity index (χ3n) is 3.99. The SMILES string of the molecule is N#C[C@@H]1[C@H]2O[C@H]2c2ccccc2N1C(=O)c1ccccc1. The van der Waals surface area contributed by atoms with Gasteiger partial charge >= 0.3 is 0 Å². The highest BCUT2D eigenvalue weighted by Crippen LogP contribution is 2.51. The van der Waals surface area contributed by atoms with Gasteiger partial charge in [0.15, 0.2) is 6.04 Å². The minimum absolute atomic E-state index is 0.0503. The predicted molar refractivity (Wildman–Crippen MR) is 76.7 cm³/mol. The smallest absolute Gasteiger partial charge is 0.259 e. The minimum atomic E-state index is -0.572. The molecule has 0 N–H and O–H groups in total. The van der Waals surface area contributed by atoms with Crippen molar-refractivity contribution in [3.05, 3.63) is 65.7 Å². The summed E-state index contributed by atoms with van der Waals surface area (Å²) < 4.78 is 5.61. The number of nitriles is 1. The van der Waals surface area contributed by atoms with Crippen LogP contribution in [0.2, 0.25) is 0 Å². The van der Waals surface area contributed by atoms with Crippen LogP contribution in [0, 0.1) is 11.3 Å². The van der Waals surface area contributed by atoms with E-state index >= 15 is 0 Å².